The van der Waals surface area contributed by atoms with E-state index in [4.69, 9.17) is 10.4 Å². The summed E-state index contributed by atoms with van der Waals surface area (Å²) in [6, 6.07) is 4.18. The lowest BCUT2D eigenvalue weighted by Gasteiger charge is -2.33. The average Bonchev–Trinajstić information content (AvgIpc) is 3.44. The number of hydrazone groups is 1. The average molecular weight is 494 g/mol. The van der Waals surface area contributed by atoms with Gasteiger partial charge in [-0.25, -0.2) is 10.1 Å². The van der Waals surface area contributed by atoms with Crippen LogP contribution in [0.15, 0.2) is 25.6 Å². The van der Waals surface area contributed by atoms with Crippen molar-refractivity contribution in [3.8, 4) is 5.82 Å². The number of piperidine rings is 1. The van der Waals surface area contributed by atoms with E-state index in [1.807, 2.05) is 12.1 Å². The number of nitrogen functional groups attached to an aromatic ring is 1. The summed E-state index contributed by atoms with van der Waals surface area (Å²) in [6.45, 7) is 3.55. The van der Waals surface area contributed by atoms with E-state index in [0.717, 1.165) is 28.0 Å². The van der Waals surface area contributed by atoms with E-state index in [0.29, 0.717) is 18.3 Å². The zero-order chi connectivity index (χ0) is 21.1. The number of amides is 1. The maximum absolute atomic E-state index is 12.8. The summed E-state index contributed by atoms with van der Waals surface area (Å²) in [6.07, 6.45) is 4.96. The summed E-state index contributed by atoms with van der Waals surface area (Å²) < 4.78 is 7.08. The number of anilines is 1. The van der Waals surface area contributed by atoms with Gasteiger partial charge in [-0.15, -0.1) is 16.4 Å². The molecule has 1 aliphatic rings. The maximum atomic E-state index is 12.8. The number of hydrogen-bond donors (Lipinski definition) is 2. The molecule has 13 heteroatoms. The van der Waals surface area contributed by atoms with Crippen LogP contribution in [0, 0.1) is 0 Å². The molecule has 0 radical (unpaired) electrons. The molecule has 0 aromatic carbocycles. The number of carbonyl (C=O) groups excluding carboxylic acids is 1. The molecule has 0 aliphatic carbocycles. The number of rotatable bonds is 6. The van der Waals surface area contributed by atoms with Crippen molar-refractivity contribution >= 4 is 45.2 Å². The van der Waals surface area contributed by atoms with Gasteiger partial charge >= 0.3 is 0 Å². The van der Waals surface area contributed by atoms with E-state index in [2.05, 4.69) is 58.9 Å². The van der Waals surface area contributed by atoms with Crippen LogP contribution in [-0.4, -0.2) is 54.9 Å². The van der Waals surface area contributed by atoms with Gasteiger partial charge in [0.2, 0.25) is 11.6 Å². The highest BCUT2D eigenvalue weighted by atomic mass is 79.9. The van der Waals surface area contributed by atoms with E-state index in [9.17, 15) is 4.79 Å². The third-order valence-corrected chi connectivity index (χ3v) is 6.48. The number of hydrogen-bond acceptors (Lipinski definition) is 10. The molecule has 3 N–H and O–H groups in total. The first-order chi connectivity index (χ1) is 14.5. The minimum Gasteiger partial charge on any atom is -0.378 e. The van der Waals surface area contributed by atoms with Gasteiger partial charge in [-0.2, -0.15) is 9.78 Å². The number of thiophene rings is 1. The molecule has 4 rings (SSSR count). The minimum absolute atomic E-state index is 0.0705. The Kier molecular flexibility index (Phi) is 6.20. The molecule has 4 heterocycles. The molecular weight excluding hydrogens is 474 g/mol. The molecule has 158 valence electrons. The molecule has 1 saturated heterocycles. The normalized spacial score (nSPS) is 17.6. The largest absolute Gasteiger partial charge is 0.378 e. The Morgan fingerprint density at radius 1 is 1.47 bits per heavy atom. The topological polar surface area (TPSA) is 140 Å². The summed E-state index contributed by atoms with van der Waals surface area (Å²) in [5.41, 5.74) is 9.06. The van der Waals surface area contributed by atoms with Gasteiger partial charge in [0.15, 0.2) is 5.69 Å². The Balaban J connectivity index is 1.60. The predicted molar refractivity (Wildman–Crippen MR) is 114 cm³/mol. The maximum Gasteiger partial charge on any atom is 0.293 e. The smallest absolute Gasteiger partial charge is 0.293 e. The van der Waals surface area contributed by atoms with Gasteiger partial charge in [0.05, 0.1) is 15.7 Å². The van der Waals surface area contributed by atoms with E-state index in [1.54, 1.807) is 6.21 Å². The van der Waals surface area contributed by atoms with Gasteiger partial charge in [-0.05, 0) is 64.7 Å². The van der Waals surface area contributed by atoms with Crippen LogP contribution in [0.1, 0.15) is 47.2 Å². The van der Waals surface area contributed by atoms with Crippen molar-refractivity contribution in [1.82, 2.24) is 35.6 Å². The van der Waals surface area contributed by atoms with Gasteiger partial charge < -0.3 is 5.73 Å². The second-order valence-corrected chi connectivity index (χ2v) is 9.42. The number of nitrogens with one attached hydrogen (secondary N) is 1. The van der Waals surface area contributed by atoms with Crippen LogP contribution in [-0.2, 0) is 6.54 Å². The molecule has 1 fully saturated rings. The van der Waals surface area contributed by atoms with Crippen molar-refractivity contribution in [3.63, 3.8) is 0 Å². The van der Waals surface area contributed by atoms with Crippen LogP contribution in [0.25, 0.3) is 5.82 Å². The highest BCUT2D eigenvalue weighted by Crippen LogP contribution is 2.23. The highest BCUT2D eigenvalue weighted by Gasteiger charge is 2.27. The third kappa shape index (κ3) is 4.42. The fraction of sp³-hybridized carbons (Fsp3) is 0.412. The van der Waals surface area contributed by atoms with E-state index >= 15 is 0 Å². The lowest BCUT2D eigenvalue weighted by molar-refractivity contribution is 0.0945. The van der Waals surface area contributed by atoms with Crippen molar-refractivity contribution in [2.24, 2.45) is 5.10 Å². The molecule has 1 aliphatic heterocycles. The Hall–Kier alpha value is -2.64. The first-order valence-corrected chi connectivity index (χ1v) is 11.0. The van der Waals surface area contributed by atoms with Crippen LogP contribution in [0.3, 0.4) is 0 Å². The number of carbonyl (C=O) groups is 1. The Morgan fingerprint density at radius 3 is 3.03 bits per heavy atom. The number of aromatic nitrogens is 5. The van der Waals surface area contributed by atoms with E-state index < -0.39 is 5.91 Å². The van der Waals surface area contributed by atoms with Crippen molar-refractivity contribution < 1.29 is 9.42 Å². The minimum atomic E-state index is -0.470. The summed E-state index contributed by atoms with van der Waals surface area (Å²) in [5, 5.41) is 19.6. The van der Waals surface area contributed by atoms with Crippen molar-refractivity contribution in [2.75, 3.05) is 12.3 Å². The number of nitrogens with two attached hydrogens (primary N) is 1. The summed E-state index contributed by atoms with van der Waals surface area (Å²) >= 11 is 4.90. The quantitative estimate of drug-likeness (QED) is 0.393. The zero-order valence-corrected chi connectivity index (χ0v) is 18.6. The fourth-order valence-corrected chi connectivity index (χ4v) is 4.61. The second kappa shape index (κ2) is 9.02. The van der Waals surface area contributed by atoms with Crippen molar-refractivity contribution in [1.29, 1.82) is 0 Å². The Bertz CT molecular complexity index is 1060. The summed E-state index contributed by atoms with van der Waals surface area (Å²) in [5.74, 6) is -0.197. The lowest BCUT2D eigenvalue weighted by Crippen LogP contribution is -2.38. The monoisotopic (exact) mass is 493 g/mol. The van der Waals surface area contributed by atoms with Crippen molar-refractivity contribution in [3.05, 3.63) is 32.2 Å². The van der Waals surface area contributed by atoms with Gasteiger partial charge in [0.1, 0.15) is 0 Å². The molecule has 3 aromatic heterocycles. The molecule has 0 saturated carbocycles. The van der Waals surface area contributed by atoms with Crippen LogP contribution < -0.4 is 11.2 Å². The number of nitrogens with zero attached hydrogens (tertiary/aromatic N) is 7. The zero-order valence-electron chi connectivity index (χ0n) is 16.2. The molecule has 1 atom stereocenters. The lowest BCUT2D eigenvalue weighted by atomic mass is 10.0. The van der Waals surface area contributed by atoms with E-state index in [-0.39, 0.29) is 17.3 Å². The van der Waals surface area contributed by atoms with Gasteiger partial charge in [-0.3, -0.25) is 9.69 Å². The van der Waals surface area contributed by atoms with E-state index in [1.165, 1.54) is 22.4 Å². The molecule has 1 unspecified atom stereocenters. The van der Waals surface area contributed by atoms with Gasteiger partial charge in [0.25, 0.3) is 5.91 Å². The number of likely N-dealkylation sites (tertiary alicyclic amines) is 1. The Labute approximate surface area is 184 Å². The van der Waals surface area contributed by atoms with Crippen LogP contribution in [0.2, 0.25) is 0 Å². The highest BCUT2D eigenvalue weighted by molar-refractivity contribution is 9.11. The van der Waals surface area contributed by atoms with Crippen LogP contribution >= 0.6 is 27.3 Å². The van der Waals surface area contributed by atoms with Crippen molar-refractivity contribution in [2.45, 2.75) is 38.8 Å². The third-order valence-electron chi connectivity index (χ3n) is 4.92. The second-order valence-electron chi connectivity index (χ2n) is 6.93. The first kappa shape index (κ1) is 20.6. The Morgan fingerprint density at radius 2 is 2.33 bits per heavy atom. The van der Waals surface area contributed by atoms with Crippen LogP contribution in [0.5, 0.6) is 0 Å². The summed E-state index contributed by atoms with van der Waals surface area (Å²) in [7, 11) is 0. The summed E-state index contributed by atoms with van der Waals surface area (Å²) in [4.78, 5) is 16.0. The van der Waals surface area contributed by atoms with Gasteiger partial charge in [0, 0.05) is 17.5 Å². The van der Waals surface area contributed by atoms with Gasteiger partial charge in [-0.1, -0.05) is 11.6 Å². The standard InChI is InChI=1S/C17H20BrN9O2S/c1-10-4-2-3-7-26(10)9-12-14(21-25-27(12)16-15(19)23-29-24-16)17(28)22-20-8-11-5-6-13(18)30-11/h5-6,8,10H,2-4,7,9H2,1H3,(H2,19,23)(H,22,28). The molecule has 0 bridgehead atoms. The number of halogens is 1. The molecule has 30 heavy (non-hydrogen) atoms. The molecular formula is C17H20BrN9O2S. The van der Waals surface area contributed by atoms with Crippen LogP contribution in [0.4, 0.5) is 5.82 Å². The first-order valence-electron chi connectivity index (χ1n) is 9.38. The molecule has 0 spiro atoms. The SMILES string of the molecule is CC1CCCCN1Cc1c(C(=O)NN=Cc2ccc(Br)s2)nnn1-c1nonc1N. The molecule has 3 aromatic rings. The fourth-order valence-electron chi connectivity index (χ4n) is 3.32. The molecule has 1 amide bonds. The molecule has 11 nitrogen and oxygen atoms in total. The predicted octanol–water partition coefficient (Wildman–Crippen LogP) is 2.19.